The second-order valence-electron chi connectivity index (χ2n) is 3.71. The molecule has 0 aromatic rings. The molecule has 0 aliphatic rings. The summed E-state index contributed by atoms with van der Waals surface area (Å²) in [6, 6.07) is 0. The predicted molar refractivity (Wildman–Crippen MR) is 62.2 cm³/mol. The van der Waals surface area contributed by atoms with E-state index in [1.54, 1.807) is 13.0 Å². The van der Waals surface area contributed by atoms with Crippen molar-refractivity contribution in [2.24, 2.45) is 0 Å². The van der Waals surface area contributed by atoms with Gasteiger partial charge in [0.1, 0.15) is 0 Å². The van der Waals surface area contributed by atoms with Gasteiger partial charge in [-0.25, -0.2) is 0 Å². The molecule has 1 unspecified atom stereocenters. The van der Waals surface area contributed by atoms with E-state index in [4.69, 9.17) is 10.2 Å². The van der Waals surface area contributed by atoms with Crippen molar-refractivity contribution in [2.75, 3.05) is 6.61 Å². The molecule has 0 aromatic heterocycles. The van der Waals surface area contributed by atoms with Gasteiger partial charge in [-0.1, -0.05) is 24.6 Å². The van der Waals surface area contributed by atoms with E-state index >= 15 is 0 Å². The lowest BCUT2D eigenvalue weighted by molar-refractivity contribution is 0.108. The third kappa shape index (κ3) is 14.0. The van der Waals surface area contributed by atoms with Crippen molar-refractivity contribution < 1.29 is 10.2 Å². The summed E-state index contributed by atoms with van der Waals surface area (Å²) in [6.45, 7) is 11.4. The SMILES string of the molecule is C=CC(C)(O)CC.CC(C)=CCCO. The van der Waals surface area contributed by atoms with E-state index in [9.17, 15) is 0 Å². The molecule has 84 valence electrons. The molecule has 2 heteroatoms. The molecule has 1 atom stereocenters. The van der Waals surface area contributed by atoms with Crippen LogP contribution in [0, 0.1) is 0 Å². The van der Waals surface area contributed by atoms with Gasteiger partial charge in [-0.05, 0) is 33.6 Å². The van der Waals surface area contributed by atoms with E-state index in [0.717, 1.165) is 12.8 Å². The molecule has 0 aliphatic carbocycles. The lowest BCUT2D eigenvalue weighted by Crippen LogP contribution is -2.17. The molecule has 14 heavy (non-hydrogen) atoms. The molecule has 0 saturated carbocycles. The zero-order chi connectivity index (χ0) is 11.6. The van der Waals surface area contributed by atoms with E-state index in [1.807, 2.05) is 26.8 Å². The van der Waals surface area contributed by atoms with Gasteiger partial charge in [0, 0.05) is 6.61 Å². The van der Waals surface area contributed by atoms with Crippen LogP contribution in [0.25, 0.3) is 0 Å². The Morgan fingerprint density at radius 3 is 2.00 bits per heavy atom. The summed E-state index contributed by atoms with van der Waals surface area (Å²) in [5.74, 6) is 0. The van der Waals surface area contributed by atoms with Crippen molar-refractivity contribution in [3.8, 4) is 0 Å². The largest absolute Gasteiger partial charge is 0.396 e. The first-order valence-electron chi connectivity index (χ1n) is 4.99. The lowest BCUT2D eigenvalue weighted by atomic mass is 10.1. The standard InChI is InChI=1S/2C6H12O/c1-6(2)4-3-5-7;1-4-6(3,7)5-2/h4,7H,3,5H2,1-2H3;4,7H,1,5H2,2-3H3. The normalized spacial score (nSPS) is 13.3. The van der Waals surface area contributed by atoms with Crippen LogP contribution in [0.4, 0.5) is 0 Å². The smallest absolute Gasteiger partial charge is 0.0794 e. The Bertz CT molecular complexity index is 165. The van der Waals surface area contributed by atoms with Crippen molar-refractivity contribution in [1.82, 2.24) is 0 Å². The minimum absolute atomic E-state index is 0.269. The molecule has 0 saturated heterocycles. The summed E-state index contributed by atoms with van der Waals surface area (Å²) in [5.41, 5.74) is 0.619. The maximum Gasteiger partial charge on any atom is 0.0794 e. The van der Waals surface area contributed by atoms with Crippen molar-refractivity contribution >= 4 is 0 Å². The Balaban J connectivity index is 0. The van der Waals surface area contributed by atoms with E-state index in [1.165, 1.54) is 5.57 Å². The van der Waals surface area contributed by atoms with Gasteiger partial charge < -0.3 is 10.2 Å². The molecule has 0 aromatic carbocycles. The van der Waals surface area contributed by atoms with Crippen LogP contribution >= 0.6 is 0 Å². The van der Waals surface area contributed by atoms with Gasteiger partial charge in [0.2, 0.25) is 0 Å². The highest BCUT2D eigenvalue weighted by Crippen LogP contribution is 2.07. The summed E-state index contributed by atoms with van der Waals surface area (Å²) in [6.07, 6.45) is 5.09. The molecule has 0 heterocycles. The fraction of sp³-hybridized carbons (Fsp3) is 0.667. The average molecular weight is 200 g/mol. The van der Waals surface area contributed by atoms with Gasteiger partial charge >= 0.3 is 0 Å². The molecule has 0 rings (SSSR count). The van der Waals surface area contributed by atoms with Crippen molar-refractivity contribution in [2.45, 2.75) is 46.1 Å². The molecule has 0 fully saturated rings. The van der Waals surface area contributed by atoms with Gasteiger partial charge in [-0.15, -0.1) is 6.58 Å². The third-order valence-corrected chi connectivity index (χ3v) is 1.84. The average Bonchev–Trinajstić information content (AvgIpc) is 2.15. The summed E-state index contributed by atoms with van der Waals surface area (Å²) >= 11 is 0. The van der Waals surface area contributed by atoms with Crippen LogP contribution in [0.2, 0.25) is 0 Å². The molecule has 0 spiro atoms. The Labute approximate surface area is 88.0 Å². The van der Waals surface area contributed by atoms with Crippen LogP contribution in [-0.4, -0.2) is 22.4 Å². The first-order chi connectivity index (χ1) is 6.39. The quantitative estimate of drug-likeness (QED) is 0.685. The third-order valence-electron chi connectivity index (χ3n) is 1.84. The van der Waals surface area contributed by atoms with Crippen molar-refractivity contribution in [3.63, 3.8) is 0 Å². The first-order valence-corrected chi connectivity index (χ1v) is 4.99. The van der Waals surface area contributed by atoms with Crippen LogP contribution in [0.15, 0.2) is 24.3 Å². The topological polar surface area (TPSA) is 40.5 Å². The summed E-state index contributed by atoms with van der Waals surface area (Å²) in [4.78, 5) is 0. The van der Waals surface area contributed by atoms with Crippen LogP contribution in [0.5, 0.6) is 0 Å². The van der Waals surface area contributed by atoms with Crippen molar-refractivity contribution in [3.05, 3.63) is 24.3 Å². The molecular weight excluding hydrogens is 176 g/mol. The van der Waals surface area contributed by atoms with E-state index in [0.29, 0.717) is 0 Å². The number of rotatable bonds is 4. The second-order valence-corrected chi connectivity index (χ2v) is 3.71. The summed E-state index contributed by atoms with van der Waals surface area (Å²) < 4.78 is 0. The minimum atomic E-state index is -0.653. The maximum atomic E-state index is 9.01. The van der Waals surface area contributed by atoms with Crippen LogP contribution < -0.4 is 0 Å². The number of hydrogen-bond acceptors (Lipinski definition) is 2. The van der Waals surface area contributed by atoms with Gasteiger partial charge in [-0.2, -0.15) is 0 Å². The minimum Gasteiger partial charge on any atom is -0.396 e. The molecule has 2 N–H and O–H groups in total. The van der Waals surface area contributed by atoms with Crippen LogP contribution in [0.3, 0.4) is 0 Å². The molecule has 0 bridgehead atoms. The highest BCUT2D eigenvalue weighted by molar-refractivity contribution is 4.92. The fourth-order valence-electron chi connectivity index (χ4n) is 0.498. The van der Waals surface area contributed by atoms with Gasteiger partial charge in [-0.3, -0.25) is 0 Å². The van der Waals surface area contributed by atoms with E-state index in [-0.39, 0.29) is 6.61 Å². The van der Waals surface area contributed by atoms with Gasteiger partial charge in [0.15, 0.2) is 0 Å². The Morgan fingerprint density at radius 2 is 1.93 bits per heavy atom. The summed E-state index contributed by atoms with van der Waals surface area (Å²) in [7, 11) is 0. The highest BCUT2D eigenvalue weighted by Gasteiger charge is 2.09. The number of allylic oxidation sites excluding steroid dienone is 1. The Kier molecular flexibility index (Phi) is 10.2. The van der Waals surface area contributed by atoms with Gasteiger partial charge in [0.05, 0.1) is 5.60 Å². The van der Waals surface area contributed by atoms with Gasteiger partial charge in [0.25, 0.3) is 0 Å². The zero-order valence-corrected chi connectivity index (χ0v) is 9.88. The predicted octanol–water partition coefficient (Wildman–Crippen LogP) is 2.67. The monoisotopic (exact) mass is 200 g/mol. The van der Waals surface area contributed by atoms with Crippen LogP contribution in [0.1, 0.15) is 40.5 Å². The Hall–Kier alpha value is -0.600. The fourth-order valence-corrected chi connectivity index (χ4v) is 0.498. The van der Waals surface area contributed by atoms with Crippen molar-refractivity contribution in [1.29, 1.82) is 0 Å². The Morgan fingerprint density at radius 1 is 1.43 bits per heavy atom. The molecule has 2 nitrogen and oxygen atoms in total. The molecule has 0 aliphatic heterocycles. The molecular formula is C12H24O2. The zero-order valence-electron chi connectivity index (χ0n) is 9.88. The number of aliphatic hydroxyl groups is 2. The molecule has 0 amide bonds. The summed E-state index contributed by atoms with van der Waals surface area (Å²) in [5, 5.41) is 17.3. The number of hydrogen-bond donors (Lipinski definition) is 2. The maximum absolute atomic E-state index is 9.01. The number of aliphatic hydroxyl groups excluding tert-OH is 1. The van der Waals surface area contributed by atoms with Crippen LogP contribution in [-0.2, 0) is 0 Å². The lowest BCUT2D eigenvalue weighted by Gasteiger charge is -2.13. The van der Waals surface area contributed by atoms with E-state index in [2.05, 4.69) is 6.58 Å². The molecule has 0 radical (unpaired) electrons. The second kappa shape index (κ2) is 8.97. The first kappa shape index (κ1) is 15.9. The highest BCUT2D eigenvalue weighted by atomic mass is 16.3. The van der Waals surface area contributed by atoms with E-state index < -0.39 is 5.60 Å².